The number of ketones is 1. The van der Waals surface area contributed by atoms with Gasteiger partial charge in [-0.15, -0.1) is 0 Å². The second-order valence-corrected chi connectivity index (χ2v) is 6.92. The largest absolute Gasteiger partial charge is 0.486 e. The number of aliphatic carboxylic acids is 1. The summed E-state index contributed by atoms with van der Waals surface area (Å²) in [4.78, 5) is 23.8. The molecule has 0 unspecified atom stereocenters. The normalized spacial score (nSPS) is 16.5. The summed E-state index contributed by atoms with van der Waals surface area (Å²) in [5.41, 5.74) is -0.270. The van der Waals surface area contributed by atoms with Crippen LogP contribution in [0.5, 0.6) is 23.0 Å². The Kier molecular flexibility index (Phi) is 4.22. The highest BCUT2D eigenvalue weighted by molar-refractivity contribution is 6.14. The number of hydrogen-bond donors (Lipinski definition) is 1. The van der Waals surface area contributed by atoms with Gasteiger partial charge in [-0.25, -0.2) is 4.79 Å². The maximum Gasteiger partial charge on any atom is 0.347 e. The Labute approximate surface area is 161 Å². The molecule has 0 atom stereocenters. The van der Waals surface area contributed by atoms with Crippen molar-refractivity contribution < 1.29 is 33.6 Å². The lowest BCUT2D eigenvalue weighted by molar-refractivity contribution is -0.152. The third-order valence-electron chi connectivity index (χ3n) is 4.39. The van der Waals surface area contributed by atoms with E-state index in [2.05, 4.69) is 0 Å². The van der Waals surface area contributed by atoms with Crippen LogP contribution in [0.3, 0.4) is 0 Å². The van der Waals surface area contributed by atoms with Crippen molar-refractivity contribution in [2.24, 2.45) is 0 Å². The molecule has 1 N–H and O–H groups in total. The van der Waals surface area contributed by atoms with E-state index in [-0.39, 0.29) is 11.5 Å². The fourth-order valence-corrected chi connectivity index (χ4v) is 2.87. The molecule has 0 saturated heterocycles. The first-order valence-corrected chi connectivity index (χ1v) is 8.74. The number of fused-ring (bicyclic) bond motifs is 2. The Morgan fingerprint density at radius 2 is 1.82 bits per heavy atom. The lowest BCUT2D eigenvalue weighted by Gasteiger charge is -2.21. The van der Waals surface area contributed by atoms with Crippen molar-refractivity contribution in [1.82, 2.24) is 0 Å². The molecule has 0 aliphatic carbocycles. The van der Waals surface area contributed by atoms with Crippen LogP contribution in [0.15, 0.2) is 42.2 Å². The van der Waals surface area contributed by atoms with E-state index in [0.717, 1.165) is 5.56 Å². The average molecular weight is 382 g/mol. The van der Waals surface area contributed by atoms with Crippen molar-refractivity contribution in [3.63, 3.8) is 0 Å². The minimum atomic E-state index is -1.40. The van der Waals surface area contributed by atoms with Crippen LogP contribution in [0.4, 0.5) is 0 Å². The zero-order valence-corrected chi connectivity index (χ0v) is 15.4. The van der Waals surface area contributed by atoms with Crippen LogP contribution in [-0.4, -0.2) is 35.7 Å². The van der Waals surface area contributed by atoms with E-state index < -0.39 is 11.6 Å². The Morgan fingerprint density at radius 1 is 1.07 bits per heavy atom. The van der Waals surface area contributed by atoms with Crippen molar-refractivity contribution in [2.45, 2.75) is 19.4 Å². The van der Waals surface area contributed by atoms with Crippen LogP contribution < -0.4 is 18.9 Å². The maximum absolute atomic E-state index is 12.6. The second kappa shape index (κ2) is 6.60. The Morgan fingerprint density at radius 3 is 2.57 bits per heavy atom. The number of ether oxygens (including phenoxy) is 4. The topological polar surface area (TPSA) is 91.3 Å². The molecule has 0 amide bonds. The number of hydrogen-bond acceptors (Lipinski definition) is 6. The average Bonchev–Trinajstić information content (AvgIpc) is 2.96. The highest BCUT2D eigenvalue weighted by atomic mass is 16.6. The highest BCUT2D eigenvalue weighted by Gasteiger charge is 2.32. The number of carbonyl (C=O) groups excluding carboxylic acids is 1. The molecule has 2 aliphatic rings. The van der Waals surface area contributed by atoms with E-state index >= 15 is 0 Å². The first-order chi connectivity index (χ1) is 13.3. The summed E-state index contributed by atoms with van der Waals surface area (Å²) in [5, 5.41) is 9.19. The third kappa shape index (κ3) is 3.26. The van der Waals surface area contributed by atoms with Gasteiger partial charge in [0.1, 0.15) is 24.7 Å². The van der Waals surface area contributed by atoms with Gasteiger partial charge in [-0.05, 0) is 49.8 Å². The van der Waals surface area contributed by atoms with Crippen LogP contribution in [0.2, 0.25) is 0 Å². The summed E-state index contributed by atoms with van der Waals surface area (Å²) in [7, 11) is 0. The molecule has 2 aliphatic heterocycles. The van der Waals surface area contributed by atoms with E-state index in [4.69, 9.17) is 18.9 Å². The molecular weight excluding hydrogens is 364 g/mol. The van der Waals surface area contributed by atoms with E-state index in [1.165, 1.54) is 19.9 Å². The molecule has 0 saturated carbocycles. The molecule has 2 aromatic carbocycles. The SMILES string of the molecule is CC(C)(Oc1ccc2c(c1)OC(=Cc1ccc3c(c1)OCCO3)C2=O)C(=O)O. The van der Waals surface area contributed by atoms with Gasteiger partial charge in [0.05, 0.1) is 5.56 Å². The van der Waals surface area contributed by atoms with E-state index in [1.54, 1.807) is 30.3 Å². The lowest BCUT2D eigenvalue weighted by atomic mass is 10.1. The predicted molar refractivity (Wildman–Crippen MR) is 99.2 cm³/mol. The molecule has 0 aromatic heterocycles. The zero-order valence-electron chi connectivity index (χ0n) is 15.4. The number of carboxylic acids is 1. The highest BCUT2D eigenvalue weighted by Crippen LogP contribution is 2.37. The van der Waals surface area contributed by atoms with E-state index in [1.807, 2.05) is 6.07 Å². The molecule has 0 bridgehead atoms. The first kappa shape index (κ1) is 17.9. The second-order valence-electron chi connectivity index (χ2n) is 6.92. The third-order valence-corrected chi connectivity index (χ3v) is 4.39. The molecule has 0 spiro atoms. The van der Waals surface area contributed by atoms with Crippen molar-refractivity contribution in [3.8, 4) is 23.0 Å². The van der Waals surface area contributed by atoms with Gasteiger partial charge >= 0.3 is 5.97 Å². The Balaban J connectivity index is 1.59. The van der Waals surface area contributed by atoms with Crippen molar-refractivity contribution >= 4 is 17.8 Å². The van der Waals surface area contributed by atoms with Crippen molar-refractivity contribution in [2.75, 3.05) is 13.2 Å². The fraction of sp³-hybridized carbons (Fsp3) is 0.238. The lowest BCUT2D eigenvalue weighted by Crippen LogP contribution is -2.37. The predicted octanol–water partition coefficient (Wildman–Crippen LogP) is 3.32. The summed E-state index contributed by atoms with van der Waals surface area (Å²) in [6.45, 7) is 3.88. The van der Waals surface area contributed by atoms with Gasteiger partial charge in [0, 0.05) is 6.07 Å². The van der Waals surface area contributed by atoms with Crippen LogP contribution in [0.1, 0.15) is 29.8 Å². The summed E-state index contributed by atoms with van der Waals surface area (Å²) in [5.74, 6) is 0.736. The number of carbonyl (C=O) groups is 2. The Hall–Kier alpha value is -3.48. The van der Waals surface area contributed by atoms with E-state index in [9.17, 15) is 14.7 Å². The van der Waals surface area contributed by atoms with Crippen LogP contribution >= 0.6 is 0 Å². The number of benzene rings is 2. The molecular formula is C21H18O7. The minimum Gasteiger partial charge on any atom is -0.486 e. The standard InChI is InChI=1S/C21H18O7/c1-21(2,20(23)24)28-13-4-5-14-16(11-13)27-18(19(14)22)10-12-3-6-15-17(9-12)26-8-7-25-15/h3-6,9-11H,7-8H2,1-2H3,(H,23,24). The molecule has 0 radical (unpaired) electrons. The van der Waals surface area contributed by atoms with Gasteiger partial charge in [-0.1, -0.05) is 6.07 Å². The summed E-state index contributed by atoms with van der Waals surface area (Å²) in [6.07, 6.45) is 1.63. The van der Waals surface area contributed by atoms with Crippen molar-refractivity contribution in [3.05, 3.63) is 53.3 Å². The first-order valence-electron chi connectivity index (χ1n) is 8.74. The maximum atomic E-state index is 12.6. The summed E-state index contributed by atoms with van der Waals surface area (Å²) < 4.78 is 22.2. The van der Waals surface area contributed by atoms with Gasteiger partial charge in [-0.3, -0.25) is 4.79 Å². The number of carboxylic acid groups (broad SMARTS) is 1. The van der Waals surface area contributed by atoms with Gasteiger partial charge < -0.3 is 24.1 Å². The number of allylic oxidation sites excluding steroid dienone is 1. The smallest absolute Gasteiger partial charge is 0.347 e. The quantitative estimate of drug-likeness (QED) is 0.811. The Bertz CT molecular complexity index is 1000. The van der Waals surface area contributed by atoms with Gasteiger partial charge in [0.2, 0.25) is 5.78 Å². The molecule has 7 heteroatoms. The molecule has 7 nitrogen and oxygen atoms in total. The summed E-state index contributed by atoms with van der Waals surface area (Å²) >= 11 is 0. The molecule has 2 heterocycles. The number of Topliss-reactive ketones (excluding diaryl/α,β-unsaturated/α-hetero) is 1. The summed E-state index contributed by atoms with van der Waals surface area (Å²) in [6, 6.07) is 10.0. The van der Waals surface area contributed by atoms with Crippen LogP contribution in [0.25, 0.3) is 6.08 Å². The van der Waals surface area contributed by atoms with Crippen LogP contribution in [-0.2, 0) is 4.79 Å². The molecule has 4 rings (SSSR count). The molecule has 144 valence electrons. The molecule has 0 fully saturated rings. The molecule has 2 aromatic rings. The zero-order chi connectivity index (χ0) is 19.9. The molecule has 28 heavy (non-hydrogen) atoms. The minimum absolute atomic E-state index is 0.168. The number of rotatable bonds is 4. The fourth-order valence-electron chi connectivity index (χ4n) is 2.87. The van der Waals surface area contributed by atoms with Gasteiger partial charge in [-0.2, -0.15) is 0 Å². The van der Waals surface area contributed by atoms with E-state index in [0.29, 0.717) is 41.8 Å². The van der Waals surface area contributed by atoms with Gasteiger partial charge in [0.15, 0.2) is 22.9 Å². The van der Waals surface area contributed by atoms with Crippen molar-refractivity contribution in [1.29, 1.82) is 0 Å². The van der Waals surface area contributed by atoms with Gasteiger partial charge in [0.25, 0.3) is 0 Å². The monoisotopic (exact) mass is 382 g/mol. The van der Waals surface area contributed by atoms with Crippen LogP contribution in [0, 0.1) is 0 Å².